The van der Waals surface area contributed by atoms with Crippen molar-refractivity contribution in [3.05, 3.63) is 71.5 Å². The number of ether oxygens (including phenoxy) is 1. The standard InChI is InChI=1S/C28H34N4O3S/c1-3-35-27(34)23-15-17-31(18-16-23)26(33)14-9-19-36-28-30-29-25(20-22-11-5-4-6-12-22)32(28)24-13-8-7-10-21(24)2/h4-8,10-13,23H,3,9,14-20H2,1-2H3. The highest BCUT2D eigenvalue weighted by Crippen LogP contribution is 2.26. The number of hydrogen-bond donors (Lipinski definition) is 0. The monoisotopic (exact) mass is 506 g/mol. The molecule has 2 aromatic carbocycles. The summed E-state index contributed by atoms with van der Waals surface area (Å²) in [6, 6.07) is 18.6. The Labute approximate surface area is 217 Å². The fourth-order valence-electron chi connectivity index (χ4n) is 4.51. The van der Waals surface area contributed by atoms with E-state index in [4.69, 9.17) is 4.74 Å². The number of benzene rings is 2. The normalized spacial score (nSPS) is 14.1. The molecule has 1 aromatic heterocycles. The lowest BCUT2D eigenvalue weighted by Crippen LogP contribution is -2.40. The van der Waals surface area contributed by atoms with E-state index in [9.17, 15) is 9.59 Å². The molecule has 0 aliphatic carbocycles. The average molecular weight is 507 g/mol. The fraction of sp³-hybridized carbons (Fsp3) is 0.429. The Morgan fingerprint density at radius 2 is 1.75 bits per heavy atom. The van der Waals surface area contributed by atoms with E-state index in [1.807, 2.05) is 42.2 Å². The second-order valence-electron chi connectivity index (χ2n) is 9.04. The second-order valence-corrected chi connectivity index (χ2v) is 10.1. The minimum Gasteiger partial charge on any atom is -0.466 e. The highest BCUT2D eigenvalue weighted by atomic mass is 32.2. The summed E-state index contributed by atoms with van der Waals surface area (Å²) in [5.41, 5.74) is 3.43. The highest BCUT2D eigenvalue weighted by Gasteiger charge is 2.28. The van der Waals surface area contributed by atoms with Crippen molar-refractivity contribution in [2.24, 2.45) is 5.92 Å². The quantitative estimate of drug-likeness (QED) is 0.222. The third-order valence-corrected chi connectivity index (χ3v) is 7.51. The van der Waals surface area contributed by atoms with Crippen LogP contribution in [0.15, 0.2) is 59.8 Å². The first-order valence-corrected chi connectivity index (χ1v) is 13.7. The van der Waals surface area contributed by atoms with Gasteiger partial charge < -0.3 is 9.64 Å². The number of aromatic nitrogens is 3. The zero-order valence-electron chi connectivity index (χ0n) is 21.1. The van der Waals surface area contributed by atoms with Crippen molar-refractivity contribution in [2.75, 3.05) is 25.4 Å². The number of rotatable bonds is 10. The molecule has 1 aliphatic heterocycles. The van der Waals surface area contributed by atoms with E-state index in [1.54, 1.807) is 11.8 Å². The Morgan fingerprint density at radius 3 is 2.47 bits per heavy atom. The van der Waals surface area contributed by atoms with Gasteiger partial charge in [-0.3, -0.25) is 14.2 Å². The summed E-state index contributed by atoms with van der Waals surface area (Å²) < 4.78 is 7.27. The van der Waals surface area contributed by atoms with Gasteiger partial charge in [-0.2, -0.15) is 0 Å². The molecule has 190 valence electrons. The largest absolute Gasteiger partial charge is 0.466 e. The third kappa shape index (κ3) is 6.55. The Hall–Kier alpha value is -3.13. The van der Waals surface area contributed by atoms with Gasteiger partial charge in [-0.05, 0) is 50.3 Å². The van der Waals surface area contributed by atoms with Crippen LogP contribution in [0.4, 0.5) is 0 Å². The van der Waals surface area contributed by atoms with Gasteiger partial charge in [0.05, 0.1) is 18.2 Å². The SMILES string of the molecule is CCOC(=O)C1CCN(C(=O)CCCSc2nnc(Cc3ccccc3)n2-c2ccccc2C)CC1. The number of carbonyl (C=O) groups excluding carboxylic acids is 2. The fourth-order valence-corrected chi connectivity index (χ4v) is 5.42. The number of hydrogen-bond acceptors (Lipinski definition) is 6. The molecule has 4 rings (SSSR count). The predicted octanol–water partition coefficient (Wildman–Crippen LogP) is 4.84. The van der Waals surface area contributed by atoms with Gasteiger partial charge in [0, 0.05) is 31.7 Å². The number of thioether (sulfide) groups is 1. The molecule has 0 bridgehead atoms. The van der Waals surface area contributed by atoms with Crippen molar-refractivity contribution in [1.29, 1.82) is 0 Å². The van der Waals surface area contributed by atoms with Crippen LogP contribution in [0.3, 0.4) is 0 Å². The van der Waals surface area contributed by atoms with Gasteiger partial charge in [0.2, 0.25) is 5.91 Å². The van der Waals surface area contributed by atoms with Crippen molar-refractivity contribution < 1.29 is 14.3 Å². The number of nitrogens with zero attached hydrogens (tertiary/aromatic N) is 4. The number of amides is 1. The van der Waals surface area contributed by atoms with Crippen LogP contribution < -0.4 is 0 Å². The minimum atomic E-state index is -0.134. The van der Waals surface area contributed by atoms with E-state index in [0.29, 0.717) is 45.4 Å². The molecule has 0 atom stereocenters. The van der Waals surface area contributed by atoms with Crippen molar-refractivity contribution >= 4 is 23.6 Å². The number of carbonyl (C=O) groups is 2. The summed E-state index contributed by atoms with van der Waals surface area (Å²) in [7, 11) is 0. The van der Waals surface area contributed by atoms with Crippen LogP contribution >= 0.6 is 11.8 Å². The summed E-state index contributed by atoms with van der Waals surface area (Å²) in [6.45, 7) is 5.57. The summed E-state index contributed by atoms with van der Waals surface area (Å²) in [5, 5.41) is 9.89. The van der Waals surface area contributed by atoms with Crippen LogP contribution in [0.2, 0.25) is 0 Å². The van der Waals surface area contributed by atoms with Gasteiger partial charge >= 0.3 is 5.97 Å². The van der Waals surface area contributed by atoms with Crippen LogP contribution in [0.5, 0.6) is 0 Å². The highest BCUT2D eigenvalue weighted by molar-refractivity contribution is 7.99. The molecule has 1 fully saturated rings. The van der Waals surface area contributed by atoms with Crippen LogP contribution in [-0.4, -0.2) is 57.0 Å². The molecule has 1 amide bonds. The van der Waals surface area contributed by atoms with Crippen LogP contribution in [0.1, 0.15) is 49.6 Å². The van der Waals surface area contributed by atoms with E-state index >= 15 is 0 Å². The summed E-state index contributed by atoms with van der Waals surface area (Å²) in [5.74, 6) is 1.62. The Morgan fingerprint density at radius 1 is 1.03 bits per heavy atom. The lowest BCUT2D eigenvalue weighted by atomic mass is 9.97. The van der Waals surface area contributed by atoms with Crippen LogP contribution in [0.25, 0.3) is 5.69 Å². The molecule has 0 unspecified atom stereocenters. The number of piperidine rings is 1. The van der Waals surface area contributed by atoms with E-state index in [1.165, 1.54) is 5.56 Å². The predicted molar refractivity (Wildman–Crippen MR) is 141 cm³/mol. The minimum absolute atomic E-state index is 0.0811. The lowest BCUT2D eigenvalue weighted by Gasteiger charge is -2.31. The van der Waals surface area contributed by atoms with E-state index in [-0.39, 0.29) is 17.8 Å². The summed E-state index contributed by atoms with van der Waals surface area (Å²) in [6.07, 6.45) is 3.32. The number of likely N-dealkylation sites (tertiary alicyclic amines) is 1. The summed E-state index contributed by atoms with van der Waals surface area (Å²) in [4.78, 5) is 26.5. The van der Waals surface area contributed by atoms with Crippen molar-refractivity contribution in [3.63, 3.8) is 0 Å². The van der Waals surface area contributed by atoms with E-state index in [0.717, 1.165) is 34.4 Å². The second kappa shape index (κ2) is 12.7. The Bertz CT molecular complexity index is 1160. The maximum atomic E-state index is 12.7. The van der Waals surface area contributed by atoms with Crippen LogP contribution in [-0.2, 0) is 20.7 Å². The molecule has 7 nitrogen and oxygen atoms in total. The zero-order chi connectivity index (χ0) is 25.3. The van der Waals surface area contributed by atoms with Gasteiger partial charge in [0.15, 0.2) is 5.16 Å². The first-order chi connectivity index (χ1) is 17.6. The van der Waals surface area contributed by atoms with E-state index < -0.39 is 0 Å². The Kier molecular flexibility index (Phi) is 9.17. The topological polar surface area (TPSA) is 77.3 Å². The average Bonchev–Trinajstić information content (AvgIpc) is 3.29. The molecule has 1 aliphatic rings. The first kappa shape index (κ1) is 25.9. The Balaban J connectivity index is 1.34. The van der Waals surface area contributed by atoms with E-state index in [2.05, 4.69) is 46.0 Å². The summed E-state index contributed by atoms with van der Waals surface area (Å²) >= 11 is 1.64. The maximum Gasteiger partial charge on any atom is 0.309 e. The first-order valence-electron chi connectivity index (χ1n) is 12.7. The van der Waals surface area contributed by atoms with Crippen LogP contribution in [0, 0.1) is 12.8 Å². The third-order valence-electron chi connectivity index (χ3n) is 6.50. The van der Waals surface area contributed by atoms with Crippen molar-refractivity contribution in [1.82, 2.24) is 19.7 Å². The number of esters is 1. The molecule has 36 heavy (non-hydrogen) atoms. The zero-order valence-corrected chi connectivity index (χ0v) is 21.9. The molecule has 3 aromatic rings. The lowest BCUT2D eigenvalue weighted by molar-refractivity contribution is -0.151. The molecule has 0 N–H and O–H groups in total. The van der Waals surface area contributed by atoms with Gasteiger partial charge in [-0.15, -0.1) is 10.2 Å². The molecular formula is C28H34N4O3S. The molecule has 0 saturated carbocycles. The molecule has 8 heteroatoms. The van der Waals surface area contributed by atoms with Gasteiger partial charge in [0.25, 0.3) is 0 Å². The molecule has 0 spiro atoms. The number of para-hydroxylation sites is 1. The molecule has 2 heterocycles. The molecule has 0 radical (unpaired) electrons. The molecule has 1 saturated heterocycles. The van der Waals surface area contributed by atoms with Gasteiger partial charge in [0.1, 0.15) is 5.82 Å². The molecular weight excluding hydrogens is 472 g/mol. The van der Waals surface area contributed by atoms with Gasteiger partial charge in [-0.25, -0.2) is 0 Å². The maximum absolute atomic E-state index is 12.7. The number of aryl methyl sites for hydroxylation is 1. The van der Waals surface area contributed by atoms with Gasteiger partial charge in [-0.1, -0.05) is 60.3 Å². The smallest absolute Gasteiger partial charge is 0.309 e. The van der Waals surface area contributed by atoms with Crippen molar-refractivity contribution in [3.8, 4) is 5.69 Å². The van der Waals surface area contributed by atoms with Crippen molar-refractivity contribution in [2.45, 2.75) is 51.1 Å².